The summed E-state index contributed by atoms with van der Waals surface area (Å²) < 4.78 is 58.5. The van der Waals surface area contributed by atoms with Crippen LogP contribution in [0.4, 0.5) is 29.2 Å². The summed E-state index contributed by atoms with van der Waals surface area (Å²) in [5.74, 6) is -2.66. The zero-order valence-corrected chi connectivity index (χ0v) is 18.0. The average molecular weight is 458 g/mol. The van der Waals surface area contributed by atoms with Crippen molar-refractivity contribution < 1.29 is 27.1 Å². The Morgan fingerprint density at radius 3 is 2.56 bits per heavy atom. The Morgan fingerprint density at radius 2 is 1.97 bits per heavy atom. The highest BCUT2D eigenvalue weighted by Crippen LogP contribution is 2.27. The van der Waals surface area contributed by atoms with Gasteiger partial charge in [-0.05, 0) is 52.4 Å². The first-order valence-electron chi connectivity index (χ1n) is 10.4. The molecule has 3 rings (SSSR count). The normalized spacial score (nSPS) is 19.1. The fraction of sp³-hybridized carbons (Fsp3) is 0.600. The number of aromatic nitrogens is 4. The van der Waals surface area contributed by atoms with Gasteiger partial charge in [-0.15, -0.1) is 0 Å². The van der Waals surface area contributed by atoms with Crippen LogP contribution in [0.2, 0.25) is 0 Å². The molecular formula is C20H26F4N6O2. The first kappa shape index (κ1) is 23.7. The van der Waals surface area contributed by atoms with Gasteiger partial charge >= 0.3 is 12.1 Å². The van der Waals surface area contributed by atoms with E-state index in [-0.39, 0.29) is 30.4 Å². The minimum absolute atomic E-state index is 0.0198. The van der Waals surface area contributed by atoms with E-state index in [1.54, 1.807) is 4.68 Å². The monoisotopic (exact) mass is 458 g/mol. The molecule has 2 heterocycles. The van der Waals surface area contributed by atoms with Gasteiger partial charge in [0, 0.05) is 18.3 Å². The average Bonchev–Trinajstić information content (AvgIpc) is 3.09. The summed E-state index contributed by atoms with van der Waals surface area (Å²) >= 11 is 0. The molecule has 0 unspecified atom stereocenters. The molecule has 0 radical (unpaired) electrons. The Balaban J connectivity index is 1.53. The lowest BCUT2D eigenvalue weighted by Crippen LogP contribution is -2.44. The Bertz CT molecular complexity index is 939. The predicted molar refractivity (Wildman–Crippen MR) is 108 cm³/mol. The molecule has 1 fully saturated rings. The van der Waals surface area contributed by atoms with Crippen molar-refractivity contribution in [2.45, 2.75) is 64.7 Å². The number of aryl methyl sites for hydroxylation is 1. The summed E-state index contributed by atoms with van der Waals surface area (Å²) in [6.07, 6.45) is -0.174. The maximum atomic E-state index is 14.1. The molecule has 12 heteroatoms. The lowest BCUT2D eigenvalue weighted by molar-refractivity contribution is -0.174. The van der Waals surface area contributed by atoms with Crippen molar-refractivity contribution in [3.05, 3.63) is 23.9 Å². The zero-order valence-electron chi connectivity index (χ0n) is 18.0. The smallest absolute Gasteiger partial charge is 0.471 e. The molecular weight excluding hydrogens is 432 g/mol. The topological polar surface area (TPSA) is 94.0 Å². The van der Waals surface area contributed by atoms with Crippen LogP contribution in [-0.2, 0) is 4.79 Å². The van der Waals surface area contributed by atoms with Crippen molar-refractivity contribution in [1.29, 1.82) is 0 Å². The number of anilines is 2. The van der Waals surface area contributed by atoms with Gasteiger partial charge in [0.1, 0.15) is 0 Å². The number of rotatable bonds is 7. The number of halogens is 4. The highest BCUT2D eigenvalue weighted by Gasteiger charge is 2.40. The quantitative estimate of drug-likeness (QED) is 0.608. The van der Waals surface area contributed by atoms with Gasteiger partial charge in [0.15, 0.2) is 0 Å². The van der Waals surface area contributed by atoms with E-state index >= 15 is 0 Å². The summed E-state index contributed by atoms with van der Waals surface area (Å²) in [4.78, 5) is 19.1. The van der Waals surface area contributed by atoms with Gasteiger partial charge in [-0.2, -0.15) is 27.6 Å². The van der Waals surface area contributed by atoms with E-state index in [0.717, 1.165) is 11.9 Å². The number of carbonyl (C=O) groups is 1. The van der Waals surface area contributed by atoms with Crippen LogP contribution in [0.1, 0.15) is 51.3 Å². The number of amides is 1. The highest BCUT2D eigenvalue weighted by atomic mass is 19.4. The zero-order chi connectivity index (χ0) is 23.5. The van der Waals surface area contributed by atoms with Crippen molar-refractivity contribution in [1.82, 2.24) is 25.1 Å². The first-order valence-corrected chi connectivity index (χ1v) is 10.4. The number of hydrogen-bond donors (Lipinski definition) is 2. The van der Waals surface area contributed by atoms with Gasteiger partial charge in [0.25, 0.3) is 5.88 Å². The van der Waals surface area contributed by atoms with E-state index in [4.69, 9.17) is 4.74 Å². The van der Waals surface area contributed by atoms with Crippen LogP contribution < -0.4 is 15.4 Å². The molecule has 2 N–H and O–H groups in total. The van der Waals surface area contributed by atoms with Gasteiger partial charge in [0.2, 0.25) is 11.8 Å². The van der Waals surface area contributed by atoms with E-state index in [9.17, 15) is 22.4 Å². The highest BCUT2D eigenvalue weighted by molar-refractivity contribution is 5.81. The molecule has 0 aromatic carbocycles. The Kier molecular flexibility index (Phi) is 7.19. The molecule has 0 spiro atoms. The van der Waals surface area contributed by atoms with Crippen LogP contribution in [0.15, 0.2) is 12.4 Å². The second kappa shape index (κ2) is 9.70. The third kappa shape index (κ3) is 6.07. The fourth-order valence-electron chi connectivity index (χ4n) is 3.44. The number of nitrogens with zero attached hydrogens (tertiary/aromatic N) is 4. The summed E-state index contributed by atoms with van der Waals surface area (Å²) in [6, 6.07) is -0.351. The second-order valence-corrected chi connectivity index (χ2v) is 8.17. The van der Waals surface area contributed by atoms with Gasteiger partial charge in [0.05, 0.1) is 24.2 Å². The molecule has 1 aliphatic carbocycles. The SMILES string of the molecule is Cc1nn(C(C)C)cc1Nc1ncc(F)c(OCC2CCC(NC(=O)C(F)(F)F)CC2)n1. The van der Waals surface area contributed by atoms with Crippen LogP contribution in [-0.4, -0.2) is 44.5 Å². The summed E-state index contributed by atoms with van der Waals surface area (Å²) in [6.45, 7) is 5.98. The number of alkyl halides is 3. The lowest BCUT2D eigenvalue weighted by Gasteiger charge is -2.29. The first-order chi connectivity index (χ1) is 15.0. The van der Waals surface area contributed by atoms with Gasteiger partial charge in [-0.1, -0.05) is 0 Å². The summed E-state index contributed by atoms with van der Waals surface area (Å²) in [7, 11) is 0. The van der Waals surface area contributed by atoms with Crippen LogP contribution in [0.25, 0.3) is 0 Å². The molecule has 8 nitrogen and oxygen atoms in total. The van der Waals surface area contributed by atoms with E-state index in [0.29, 0.717) is 31.4 Å². The van der Waals surface area contributed by atoms with Crippen molar-refractivity contribution in [3.63, 3.8) is 0 Å². The Hall–Kier alpha value is -2.92. The van der Waals surface area contributed by atoms with Crippen LogP contribution >= 0.6 is 0 Å². The van der Waals surface area contributed by atoms with Crippen molar-refractivity contribution in [2.24, 2.45) is 5.92 Å². The van der Waals surface area contributed by atoms with E-state index in [1.165, 1.54) is 0 Å². The number of ether oxygens (including phenoxy) is 1. The molecule has 0 bridgehead atoms. The van der Waals surface area contributed by atoms with E-state index in [1.807, 2.05) is 32.3 Å². The molecule has 1 amide bonds. The Morgan fingerprint density at radius 1 is 1.28 bits per heavy atom. The molecule has 1 aliphatic rings. The molecule has 0 saturated heterocycles. The minimum atomic E-state index is -4.89. The van der Waals surface area contributed by atoms with Crippen molar-refractivity contribution in [3.8, 4) is 5.88 Å². The summed E-state index contributed by atoms with van der Waals surface area (Å²) in [5, 5.41) is 9.40. The third-order valence-corrected chi connectivity index (χ3v) is 5.30. The standard InChI is InChI=1S/C20H26F4N6O2/c1-11(2)30-9-16(12(3)29-30)27-19-25-8-15(21)17(28-19)32-10-13-4-6-14(7-5-13)26-18(31)20(22,23)24/h8-9,11,13-14H,4-7,10H2,1-3H3,(H,26,31)(H,25,27,28). The van der Waals surface area contributed by atoms with E-state index < -0.39 is 23.9 Å². The predicted octanol–water partition coefficient (Wildman–Crippen LogP) is 4.06. The molecule has 2 aromatic heterocycles. The minimum Gasteiger partial charge on any atom is -0.475 e. The maximum absolute atomic E-state index is 14.1. The van der Waals surface area contributed by atoms with Crippen LogP contribution in [0.3, 0.4) is 0 Å². The second-order valence-electron chi connectivity index (χ2n) is 8.17. The number of carbonyl (C=O) groups excluding carboxylic acids is 1. The van der Waals surface area contributed by atoms with Gasteiger partial charge in [-0.25, -0.2) is 4.98 Å². The molecule has 0 aliphatic heterocycles. The number of nitrogens with one attached hydrogen (secondary N) is 2. The van der Waals surface area contributed by atoms with E-state index in [2.05, 4.69) is 20.4 Å². The van der Waals surface area contributed by atoms with Gasteiger partial charge < -0.3 is 15.4 Å². The molecule has 32 heavy (non-hydrogen) atoms. The fourth-order valence-corrected chi connectivity index (χ4v) is 3.44. The van der Waals surface area contributed by atoms with Crippen molar-refractivity contribution in [2.75, 3.05) is 11.9 Å². The molecule has 0 atom stereocenters. The lowest BCUT2D eigenvalue weighted by atomic mass is 9.86. The third-order valence-electron chi connectivity index (χ3n) is 5.30. The van der Waals surface area contributed by atoms with Crippen molar-refractivity contribution >= 4 is 17.5 Å². The Labute approximate surface area is 182 Å². The number of hydrogen-bond acceptors (Lipinski definition) is 6. The largest absolute Gasteiger partial charge is 0.475 e. The summed E-state index contributed by atoms with van der Waals surface area (Å²) in [5.41, 5.74) is 1.43. The maximum Gasteiger partial charge on any atom is 0.471 e. The molecule has 2 aromatic rings. The molecule has 176 valence electrons. The van der Waals surface area contributed by atoms with Gasteiger partial charge in [-0.3, -0.25) is 9.48 Å². The van der Waals surface area contributed by atoms with Crippen LogP contribution in [0, 0.1) is 18.7 Å². The molecule has 1 saturated carbocycles. The van der Waals surface area contributed by atoms with Crippen LogP contribution in [0.5, 0.6) is 5.88 Å².